The van der Waals surface area contributed by atoms with E-state index in [1.165, 1.54) is 11.8 Å². The number of nitro groups is 1. The van der Waals surface area contributed by atoms with Gasteiger partial charge in [0.2, 0.25) is 0 Å². The molecular formula is C3H4N3O2S. The van der Waals surface area contributed by atoms with Crippen LogP contribution in [-0.4, -0.2) is 22.5 Å². The van der Waals surface area contributed by atoms with Crippen LogP contribution in [0.4, 0.5) is 0 Å². The first-order valence-electron chi connectivity index (χ1n) is 2.32. The van der Waals surface area contributed by atoms with E-state index in [1.807, 2.05) is 0 Å². The zero-order valence-electron chi connectivity index (χ0n) is 4.48. The fourth-order valence-corrected chi connectivity index (χ4v) is 1.13. The summed E-state index contributed by atoms with van der Waals surface area (Å²) >= 11 is 1.31. The van der Waals surface area contributed by atoms with E-state index in [2.05, 4.69) is 10.4 Å². The Labute approximate surface area is 55.7 Å². The largest absolute Gasteiger partial charge is 0.256 e. The number of hydrogen-bond acceptors (Lipinski definition) is 3. The van der Waals surface area contributed by atoms with Crippen LogP contribution in [0.15, 0.2) is 5.10 Å². The molecule has 1 saturated heterocycles. The molecule has 6 heteroatoms. The molecule has 0 atom stereocenters. The standard InChI is InChI=1S/C3H4N3O2S/c7-6(8)5-3-4-1-2-9-3/h1-2H2. The van der Waals surface area contributed by atoms with Crippen molar-refractivity contribution in [2.45, 2.75) is 0 Å². The minimum Gasteiger partial charge on any atom is -0.255 e. The van der Waals surface area contributed by atoms with Crippen LogP contribution in [-0.2, 0) is 0 Å². The highest BCUT2D eigenvalue weighted by atomic mass is 32.2. The van der Waals surface area contributed by atoms with Crippen molar-refractivity contribution in [2.75, 3.05) is 12.3 Å². The van der Waals surface area contributed by atoms with Crippen molar-refractivity contribution in [2.24, 2.45) is 5.10 Å². The lowest BCUT2D eigenvalue weighted by Gasteiger charge is -1.82. The van der Waals surface area contributed by atoms with Crippen molar-refractivity contribution in [3.8, 4) is 0 Å². The van der Waals surface area contributed by atoms with Crippen molar-refractivity contribution in [3.63, 3.8) is 0 Å². The second-order valence-corrected chi connectivity index (χ2v) is 2.41. The first kappa shape index (κ1) is 6.34. The fourth-order valence-electron chi connectivity index (χ4n) is 0.454. The molecule has 0 aromatic rings. The summed E-state index contributed by atoms with van der Waals surface area (Å²) in [5, 5.41) is 16.0. The molecule has 1 aliphatic rings. The SMILES string of the molecule is O=[N+]([O-])N=C1[N]CCS1. The Morgan fingerprint density at radius 2 is 2.67 bits per heavy atom. The van der Waals surface area contributed by atoms with Crippen molar-refractivity contribution >= 4 is 16.9 Å². The summed E-state index contributed by atoms with van der Waals surface area (Å²) < 4.78 is 0. The second-order valence-electron chi connectivity index (χ2n) is 1.35. The van der Waals surface area contributed by atoms with E-state index in [1.54, 1.807) is 0 Å². The minimum absolute atomic E-state index is 0.292. The Morgan fingerprint density at radius 1 is 1.89 bits per heavy atom. The zero-order valence-corrected chi connectivity index (χ0v) is 5.30. The third-order valence-corrected chi connectivity index (χ3v) is 1.59. The van der Waals surface area contributed by atoms with E-state index in [-0.39, 0.29) is 0 Å². The van der Waals surface area contributed by atoms with Gasteiger partial charge in [0, 0.05) is 5.75 Å². The van der Waals surface area contributed by atoms with Crippen LogP contribution in [0.5, 0.6) is 0 Å². The highest BCUT2D eigenvalue weighted by Gasteiger charge is 2.13. The number of thioether (sulfide) groups is 1. The van der Waals surface area contributed by atoms with Crippen LogP contribution >= 0.6 is 11.8 Å². The first-order valence-corrected chi connectivity index (χ1v) is 3.31. The van der Waals surface area contributed by atoms with Gasteiger partial charge >= 0.3 is 0 Å². The summed E-state index contributed by atoms with van der Waals surface area (Å²) in [7, 11) is 0. The molecule has 0 aromatic heterocycles. The Kier molecular flexibility index (Phi) is 1.88. The third kappa shape index (κ3) is 1.88. The molecule has 0 unspecified atom stereocenters. The summed E-state index contributed by atoms with van der Waals surface area (Å²) in [5.41, 5.74) is 0. The molecule has 1 heterocycles. The molecule has 49 valence electrons. The van der Waals surface area contributed by atoms with Gasteiger partial charge in [-0.15, -0.1) is 0 Å². The molecule has 9 heavy (non-hydrogen) atoms. The van der Waals surface area contributed by atoms with Crippen LogP contribution in [0.25, 0.3) is 0 Å². The molecule has 0 amide bonds. The molecule has 1 aliphatic heterocycles. The summed E-state index contributed by atoms with van der Waals surface area (Å²) in [4.78, 5) is 9.70. The van der Waals surface area contributed by atoms with Crippen LogP contribution in [0, 0.1) is 10.1 Å². The molecule has 5 nitrogen and oxygen atoms in total. The second kappa shape index (κ2) is 2.67. The lowest BCUT2D eigenvalue weighted by atomic mass is 10.8. The molecule has 1 rings (SSSR count). The zero-order chi connectivity index (χ0) is 6.69. The van der Waals surface area contributed by atoms with E-state index in [0.717, 1.165) is 5.75 Å². The predicted molar refractivity (Wildman–Crippen MR) is 33.9 cm³/mol. The Balaban J connectivity index is 2.49. The number of nitrogens with zero attached hydrogens (tertiary/aromatic N) is 3. The average Bonchev–Trinajstić information content (AvgIpc) is 2.15. The van der Waals surface area contributed by atoms with Gasteiger partial charge in [-0.25, -0.2) is 10.1 Å². The van der Waals surface area contributed by atoms with E-state index >= 15 is 0 Å². The van der Waals surface area contributed by atoms with Crippen molar-refractivity contribution in [3.05, 3.63) is 10.1 Å². The molecular weight excluding hydrogens is 142 g/mol. The summed E-state index contributed by atoms with van der Waals surface area (Å²) in [5.74, 6) is 0.812. The van der Waals surface area contributed by atoms with Gasteiger partial charge in [-0.2, -0.15) is 0 Å². The average molecular weight is 146 g/mol. The van der Waals surface area contributed by atoms with Gasteiger partial charge < -0.3 is 0 Å². The van der Waals surface area contributed by atoms with Gasteiger partial charge in [0.05, 0.1) is 11.6 Å². The van der Waals surface area contributed by atoms with Crippen LogP contribution in [0.1, 0.15) is 0 Å². The number of amidine groups is 1. The molecule has 0 aromatic carbocycles. The van der Waals surface area contributed by atoms with Gasteiger partial charge in [-0.05, 0) is 0 Å². The maximum absolute atomic E-state index is 9.70. The smallest absolute Gasteiger partial charge is 0.255 e. The Bertz CT molecular complexity index is 149. The van der Waals surface area contributed by atoms with Gasteiger partial charge in [0.15, 0.2) is 5.03 Å². The van der Waals surface area contributed by atoms with E-state index in [0.29, 0.717) is 11.7 Å². The van der Waals surface area contributed by atoms with Gasteiger partial charge in [-0.1, -0.05) is 11.8 Å². The quantitative estimate of drug-likeness (QED) is 0.382. The van der Waals surface area contributed by atoms with E-state index < -0.39 is 5.03 Å². The molecule has 0 aliphatic carbocycles. The molecule has 0 N–H and O–H groups in total. The summed E-state index contributed by atoms with van der Waals surface area (Å²) in [6, 6.07) is 0. The highest BCUT2D eigenvalue weighted by Crippen LogP contribution is 2.08. The lowest BCUT2D eigenvalue weighted by molar-refractivity contribution is -0.484. The maximum atomic E-state index is 9.70. The third-order valence-electron chi connectivity index (χ3n) is 0.737. The molecule has 1 radical (unpaired) electrons. The van der Waals surface area contributed by atoms with E-state index in [9.17, 15) is 10.1 Å². The number of hydrogen-bond donors (Lipinski definition) is 0. The predicted octanol–water partition coefficient (Wildman–Crippen LogP) is -0.115. The van der Waals surface area contributed by atoms with Crippen LogP contribution in [0.3, 0.4) is 0 Å². The topological polar surface area (TPSA) is 69.6 Å². The Hall–Kier alpha value is -0.780. The Morgan fingerprint density at radius 3 is 3.11 bits per heavy atom. The van der Waals surface area contributed by atoms with Gasteiger partial charge in [-0.3, -0.25) is 5.32 Å². The molecule has 0 bridgehead atoms. The van der Waals surface area contributed by atoms with Crippen molar-refractivity contribution in [1.82, 2.24) is 5.32 Å². The monoisotopic (exact) mass is 146 g/mol. The van der Waals surface area contributed by atoms with Crippen LogP contribution in [0.2, 0.25) is 0 Å². The minimum atomic E-state index is -0.725. The van der Waals surface area contributed by atoms with Crippen LogP contribution < -0.4 is 5.32 Å². The number of hydrazone groups is 1. The number of rotatable bonds is 1. The molecule has 0 saturated carbocycles. The molecule has 0 spiro atoms. The van der Waals surface area contributed by atoms with Gasteiger partial charge in [0.1, 0.15) is 0 Å². The first-order chi connectivity index (χ1) is 4.29. The van der Waals surface area contributed by atoms with E-state index in [4.69, 9.17) is 0 Å². The van der Waals surface area contributed by atoms with Gasteiger partial charge in [0.25, 0.3) is 5.17 Å². The highest BCUT2D eigenvalue weighted by molar-refractivity contribution is 8.14. The van der Waals surface area contributed by atoms with Crippen molar-refractivity contribution in [1.29, 1.82) is 0 Å². The molecule has 1 fully saturated rings. The fraction of sp³-hybridized carbons (Fsp3) is 0.667. The maximum Gasteiger partial charge on any atom is 0.256 e. The lowest BCUT2D eigenvalue weighted by Crippen LogP contribution is -2.05. The summed E-state index contributed by atoms with van der Waals surface area (Å²) in [6.45, 7) is 0.650. The normalized spacial score (nSPS) is 22.0. The summed E-state index contributed by atoms with van der Waals surface area (Å²) in [6.07, 6.45) is 0. The van der Waals surface area contributed by atoms with Crippen molar-refractivity contribution < 1.29 is 5.03 Å².